The average molecular weight is 609 g/mol. The van der Waals surface area contributed by atoms with Crippen LogP contribution in [0.5, 0.6) is 0 Å². The van der Waals surface area contributed by atoms with Gasteiger partial charge in [-0.25, -0.2) is 0 Å². The highest BCUT2D eigenvalue weighted by atomic mass is 33.1. The largest absolute Gasteiger partial charge is 0.355 e. The molecule has 0 heterocycles. The monoisotopic (exact) mass is 608 g/mol. The average Bonchev–Trinajstić information content (AvgIpc) is 2.95. The molecule has 234 valence electrons. The highest BCUT2D eigenvalue weighted by Gasteiger charge is 2.13. The fourth-order valence-electron chi connectivity index (χ4n) is 3.36. The lowest BCUT2D eigenvalue weighted by molar-refractivity contribution is -0.123. The molecule has 40 heavy (non-hydrogen) atoms. The second-order valence-electron chi connectivity index (χ2n) is 8.88. The van der Waals surface area contributed by atoms with E-state index in [0.29, 0.717) is 104 Å². The van der Waals surface area contributed by atoms with Crippen molar-refractivity contribution in [1.29, 1.82) is 0 Å². The van der Waals surface area contributed by atoms with Gasteiger partial charge < -0.3 is 54.0 Å². The Balaban J connectivity index is 4.58. The standard InChI is InChI=1S/C24H52N10O4S2/c25-5-9-29-21(35)1-13-33(14-2-22(36)30-10-6-26)17-19-39-40-20-18-34(15-3-23(37)31-11-7-27)16-4-24(38)32-12-8-28/h1-20,25-28H2,(H,29,35)(H,30,36)(H,31,37)(H,32,38). The number of hydrogen-bond donors (Lipinski definition) is 8. The van der Waals surface area contributed by atoms with Crippen LogP contribution in [0.2, 0.25) is 0 Å². The van der Waals surface area contributed by atoms with Crippen molar-refractivity contribution in [3.63, 3.8) is 0 Å². The third-order valence-electron chi connectivity index (χ3n) is 5.55. The summed E-state index contributed by atoms with van der Waals surface area (Å²) in [6.45, 7) is 7.04. The minimum absolute atomic E-state index is 0.0569. The predicted molar refractivity (Wildman–Crippen MR) is 165 cm³/mol. The molecule has 16 heteroatoms. The zero-order chi connectivity index (χ0) is 29.8. The molecule has 0 bridgehead atoms. The van der Waals surface area contributed by atoms with Crippen molar-refractivity contribution in [2.75, 3.05) is 103 Å². The number of nitrogens with two attached hydrogens (primary N) is 4. The van der Waals surface area contributed by atoms with Crippen LogP contribution in [0.1, 0.15) is 25.7 Å². The van der Waals surface area contributed by atoms with Gasteiger partial charge in [0.2, 0.25) is 23.6 Å². The smallest absolute Gasteiger partial charge is 0.221 e. The second-order valence-corrected chi connectivity index (χ2v) is 11.6. The molecule has 4 amide bonds. The summed E-state index contributed by atoms with van der Waals surface area (Å²) in [5.74, 6) is 1.42. The molecule has 0 aromatic carbocycles. The number of nitrogens with one attached hydrogen (secondary N) is 4. The van der Waals surface area contributed by atoms with E-state index in [9.17, 15) is 19.2 Å². The van der Waals surface area contributed by atoms with Gasteiger partial charge in [-0.2, -0.15) is 0 Å². The van der Waals surface area contributed by atoms with Gasteiger partial charge in [-0.1, -0.05) is 21.6 Å². The third kappa shape index (κ3) is 24.2. The van der Waals surface area contributed by atoms with Gasteiger partial charge in [0.05, 0.1) is 0 Å². The Labute approximate surface area is 247 Å². The second kappa shape index (κ2) is 27.5. The van der Waals surface area contributed by atoms with E-state index in [-0.39, 0.29) is 23.6 Å². The Hall–Kier alpha value is -1.66. The van der Waals surface area contributed by atoms with Gasteiger partial charge in [0.1, 0.15) is 0 Å². The Bertz CT molecular complexity index is 590. The van der Waals surface area contributed by atoms with Gasteiger partial charge in [-0.3, -0.25) is 19.2 Å². The van der Waals surface area contributed by atoms with Crippen molar-refractivity contribution >= 4 is 45.2 Å². The normalized spacial score (nSPS) is 11.1. The third-order valence-corrected chi connectivity index (χ3v) is 7.92. The first kappa shape index (κ1) is 38.3. The lowest BCUT2D eigenvalue weighted by Gasteiger charge is -2.23. The van der Waals surface area contributed by atoms with E-state index in [1.54, 1.807) is 21.6 Å². The van der Waals surface area contributed by atoms with Crippen LogP contribution in [-0.4, -0.2) is 137 Å². The van der Waals surface area contributed by atoms with Crippen LogP contribution in [-0.2, 0) is 19.2 Å². The molecular weight excluding hydrogens is 556 g/mol. The molecule has 0 unspecified atom stereocenters. The highest BCUT2D eigenvalue weighted by molar-refractivity contribution is 8.76. The van der Waals surface area contributed by atoms with Crippen molar-refractivity contribution in [2.45, 2.75) is 25.7 Å². The quantitative estimate of drug-likeness (QED) is 0.0341. The number of hydrogen-bond acceptors (Lipinski definition) is 12. The van der Waals surface area contributed by atoms with Crippen LogP contribution < -0.4 is 44.2 Å². The fourth-order valence-corrected chi connectivity index (χ4v) is 5.42. The van der Waals surface area contributed by atoms with E-state index in [0.717, 1.165) is 24.6 Å². The summed E-state index contributed by atoms with van der Waals surface area (Å²) in [5, 5.41) is 11.1. The highest BCUT2D eigenvalue weighted by Crippen LogP contribution is 2.21. The molecule has 0 aliphatic rings. The van der Waals surface area contributed by atoms with Crippen LogP contribution in [0.15, 0.2) is 0 Å². The van der Waals surface area contributed by atoms with Crippen LogP contribution in [0.4, 0.5) is 0 Å². The predicted octanol–water partition coefficient (Wildman–Crippen LogP) is -3.17. The van der Waals surface area contributed by atoms with Crippen molar-refractivity contribution in [2.24, 2.45) is 22.9 Å². The molecule has 0 fully saturated rings. The molecule has 0 radical (unpaired) electrons. The van der Waals surface area contributed by atoms with E-state index >= 15 is 0 Å². The van der Waals surface area contributed by atoms with Crippen molar-refractivity contribution < 1.29 is 19.2 Å². The lowest BCUT2D eigenvalue weighted by atomic mass is 10.3. The Morgan fingerprint density at radius 2 is 0.700 bits per heavy atom. The van der Waals surface area contributed by atoms with Crippen LogP contribution >= 0.6 is 21.6 Å². The minimum atomic E-state index is -0.0569. The number of rotatable bonds is 27. The summed E-state index contributed by atoms with van der Waals surface area (Å²) in [5.41, 5.74) is 21.8. The van der Waals surface area contributed by atoms with Crippen molar-refractivity contribution in [3.8, 4) is 0 Å². The van der Waals surface area contributed by atoms with Crippen molar-refractivity contribution in [1.82, 2.24) is 31.1 Å². The van der Waals surface area contributed by atoms with Gasteiger partial charge in [0.15, 0.2) is 0 Å². The molecule has 0 atom stereocenters. The van der Waals surface area contributed by atoms with Gasteiger partial charge >= 0.3 is 0 Å². The molecular formula is C24H52N10O4S2. The first-order chi connectivity index (χ1) is 19.4. The zero-order valence-electron chi connectivity index (χ0n) is 23.8. The fraction of sp³-hybridized carbons (Fsp3) is 0.833. The summed E-state index contributed by atoms with van der Waals surface area (Å²) >= 11 is 0. The maximum Gasteiger partial charge on any atom is 0.221 e. The Kier molecular flexibility index (Phi) is 26.4. The molecule has 0 spiro atoms. The molecule has 0 aliphatic heterocycles. The number of carbonyl (C=O) groups excluding carboxylic acids is 4. The molecule has 0 saturated carbocycles. The maximum absolute atomic E-state index is 12.0. The van der Waals surface area contributed by atoms with Crippen LogP contribution in [0.3, 0.4) is 0 Å². The van der Waals surface area contributed by atoms with E-state index in [1.807, 2.05) is 0 Å². The summed E-state index contributed by atoms with van der Waals surface area (Å²) in [4.78, 5) is 52.2. The van der Waals surface area contributed by atoms with E-state index < -0.39 is 0 Å². The van der Waals surface area contributed by atoms with E-state index in [1.165, 1.54) is 0 Å². The molecule has 0 aromatic heterocycles. The molecule has 0 aliphatic carbocycles. The van der Waals surface area contributed by atoms with E-state index in [2.05, 4.69) is 31.1 Å². The first-order valence-corrected chi connectivity index (χ1v) is 16.4. The summed E-state index contributed by atoms with van der Waals surface area (Å²) in [6, 6.07) is 0. The lowest BCUT2D eigenvalue weighted by Crippen LogP contribution is -2.37. The minimum Gasteiger partial charge on any atom is -0.355 e. The topological polar surface area (TPSA) is 227 Å². The van der Waals surface area contributed by atoms with Gasteiger partial charge in [-0.05, 0) is 0 Å². The molecule has 0 saturated heterocycles. The Morgan fingerprint density at radius 3 is 0.925 bits per heavy atom. The summed E-state index contributed by atoms with van der Waals surface area (Å²) in [7, 11) is 3.44. The van der Waals surface area contributed by atoms with Gasteiger partial charge in [0, 0.05) is 129 Å². The van der Waals surface area contributed by atoms with Crippen molar-refractivity contribution in [3.05, 3.63) is 0 Å². The first-order valence-electron chi connectivity index (χ1n) is 13.9. The van der Waals surface area contributed by atoms with E-state index in [4.69, 9.17) is 22.9 Å². The van der Waals surface area contributed by atoms with Gasteiger partial charge in [-0.15, -0.1) is 0 Å². The number of nitrogens with zero attached hydrogens (tertiary/aromatic N) is 2. The molecule has 0 aromatic rings. The maximum atomic E-state index is 12.0. The van der Waals surface area contributed by atoms with Crippen LogP contribution in [0.25, 0.3) is 0 Å². The molecule has 14 nitrogen and oxygen atoms in total. The number of carbonyl (C=O) groups is 4. The molecule has 0 rings (SSSR count). The summed E-state index contributed by atoms with van der Waals surface area (Å²) in [6.07, 6.45) is 1.37. The Morgan fingerprint density at radius 1 is 0.450 bits per heavy atom. The summed E-state index contributed by atoms with van der Waals surface area (Å²) < 4.78 is 0. The van der Waals surface area contributed by atoms with Gasteiger partial charge in [0.25, 0.3) is 0 Å². The molecule has 12 N–H and O–H groups in total. The zero-order valence-corrected chi connectivity index (χ0v) is 25.4. The van der Waals surface area contributed by atoms with Crippen LogP contribution in [0, 0.1) is 0 Å². The SMILES string of the molecule is NCCNC(=O)CCN(CCSSCCN(CCC(=O)NCCN)CCC(=O)NCCN)CCC(=O)NCCN. The number of amides is 4.